The van der Waals surface area contributed by atoms with Crippen LogP contribution >= 0.6 is 0 Å². The minimum absolute atomic E-state index is 0.0474. The van der Waals surface area contributed by atoms with E-state index in [9.17, 15) is 24.9 Å². The lowest BCUT2D eigenvalue weighted by Crippen LogP contribution is -2.65. The molecule has 208 valence electrons. The van der Waals surface area contributed by atoms with E-state index in [1.165, 1.54) is 6.92 Å². The first-order chi connectivity index (χ1) is 17.2. The highest BCUT2D eigenvalue weighted by Crippen LogP contribution is 2.74. The van der Waals surface area contributed by atoms with Crippen LogP contribution in [0.5, 0.6) is 0 Å². The lowest BCUT2D eigenvalue weighted by Gasteiger charge is -2.69. The number of carboxylic acid groups (broad SMARTS) is 1. The Morgan fingerprint density at radius 2 is 1.70 bits per heavy atom. The van der Waals surface area contributed by atoms with Crippen molar-refractivity contribution in [3.63, 3.8) is 0 Å². The van der Waals surface area contributed by atoms with E-state index in [0.717, 1.165) is 36.8 Å². The Labute approximate surface area is 222 Å². The zero-order chi connectivity index (χ0) is 27.5. The molecule has 3 N–H and O–H groups in total. The van der Waals surface area contributed by atoms with E-state index in [4.69, 9.17) is 4.74 Å². The Hall–Kier alpha value is -1.66. The molecule has 0 aromatic carbocycles. The summed E-state index contributed by atoms with van der Waals surface area (Å²) in [6.45, 7) is 14.5. The average molecular weight is 517 g/mol. The second kappa shape index (κ2) is 9.82. The third-order valence-electron chi connectivity index (χ3n) is 11.6. The summed E-state index contributed by atoms with van der Waals surface area (Å²) in [6.07, 6.45) is 6.22. The van der Waals surface area contributed by atoms with Crippen LogP contribution in [0.3, 0.4) is 0 Å². The number of carboxylic acids is 1. The lowest BCUT2D eigenvalue weighted by atomic mass is 9.36. The first-order valence-electron chi connectivity index (χ1n) is 14.3. The smallest absolute Gasteiger partial charge is 0.331 e. The van der Waals surface area contributed by atoms with Crippen molar-refractivity contribution in [2.75, 3.05) is 0 Å². The molecule has 0 radical (unpaired) electrons. The molecule has 4 aliphatic carbocycles. The number of aliphatic carboxylic acids is 1. The van der Waals surface area contributed by atoms with Crippen LogP contribution < -0.4 is 0 Å². The number of fused-ring (bicyclic) bond motifs is 5. The van der Waals surface area contributed by atoms with Gasteiger partial charge in [0.15, 0.2) is 0 Å². The van der Waals surface area contributed by atoms with Gasteiger partial charge >= 0.3 is 11.9 Å². The quantitative estimate of drug-likeness (QED) is 0.247. The maximum absolute atomic E-state index is 12.6. The van der Waals surface area contributed by atoms with Gasteiger partial charge in [0.2, 0.25) is 0 Å². The molecule has 0 bridgehead atoms. The van der Waals surface area contributed by atoms with Crippen LogP contribution in [0.1, 0.15) is 99.8 Å². The fourth-order valence-corrected chi connectivity index (χ4v) is 9.79. The molecule has 4 fully saturated rings. The van der Waals surface area contributed by atoms with Gasteiger partial charge in [-0.2, -0.15) is 0 Å². The number of ether oxygens (including phenoxy) is 1. The molecule has 37 heavy (non-hydrogen) atoms. The number of rotatable bonds is 5. The predicted octanol–water partition coefficient (Wildman–Crippen LogP) is 5.67. The van der Waals surface area contributed by atoms with Crippen molar-refractivity contribution in [1.82, 2.24) is 0 Å². The number of carbonyl (C=O) groups excluding carboxylic acids is 1. The van der Waals surface area contributed by atoms with E-state index in [0.29, 0.717) is 37.2 Å². The van der Waals surface area contributed by atoms with Gasteiger partial charge in [-0.05, 0) is 111 Å². The van der Waals surface area contributed by atoms with Gasteiger partial charge in [-0.3, -0.25) is 4.79 Å². The summed E-state index contributed by atoms with van der Waals surface area (Å²) >= 11 is 0. The standard InChI is InChI=1S/C31H48O6/c1-17(2)9-8-10-20(28(35)36)26-22-15-24(34)27-29(5)13-12-23(33)18(3)21(29)11-14-30(27,6)31(22,7)16-25(26)37-19(4)32/h9,18,21-25,27,33-34H,8,10-16H2,1-7H3,(H,35,36)/t18-,21-,22-,23+,24+,25-,27?,29-,30-,31-/m0/s1. The number of aliphatic hydroxyl groups excluding tert-OH is 2. The normalized spacial score (nSPS) is 46.2. The van der Waals surface area contributed by atoms with Crippen molar-refractivity contribution < 1.29 is 29.6 Å². The van der Waals surface area contributed by atoms with Crippen LogP contribution in [0.15, 0.2) is 22.8 Å². The molecule has 0 spiro atoms. The van der Waals surface area contributed by atoms with Crippen molar-refractivity contribution in [2.24, 2.45) is 39.9 Å². The minimum atomic E-state index is -0.953. The summed E-state index contributed by atoms with van der Waals surface area (Å²) in [6, 6.07) is 0. The molecule has 4 aliphatic rings. The molecule has 6 nitrogen and oxygen atoms in total. The molecule has 0 saturated heterocycles. The molecule has 0 aliphatic heterocycles. The van der Waals surface area contributed by atoms with Gasteiger partial charge in [-0.1, -0.05) is 39.3 Å². The van der Waals surface area contributed by atoms with E-state index >= 15 is 0 Å². The van der Waals surface area contributed by atoms with Crippen LogP contribution in [-0.4, -0.2) is 45.6 Å². The number of hydrogen-bond donors (Lipinski definition) is 3. The van der Waals surface area contributed by atoms with Gasteiger partial charge in [-0.15, -0.1) is 0 Å². The Morgan fingerprint density at radius 3 is 2.30 bits per heavy atom. The van der Waals surface area contributed by atoms with Gasteiger partial charge in [0.05, 0.1) is 12.2 Å². The van der Waals surface area contributed by atoms with E-state index in [1.807, 2.05) is 19.9 Å². The SMILES string of the molecule is CC(=O)O[C@H]1C[C@@]2(C)[C@@H](C[C@@H](O)C3[C@]2(C)CC[C@H]2[C@H](C)[C@H](O)CC[C@]32C)C1=C(CCC=C(C)C)C(=O)O. The maximum atomic E-state index is 12.6. The Morgan fingerprint density at radius 1 is 1.03 bits per heavy atom. The lowest BCUT2D eigenvalue weighted by molar-refractivity contribution is -0.234. The van der Waals surface area contributed by atoms with Crippen LogP contribution in [0.4, 0.5) is 0 Å². The van der Waals surface area contributed by atoms with Crippen molar-refractivity contribution in [3.8, 4) is 0 Å². The maximum Gasteiger partial charge on any atom is 0.331 e. The molecule has 0 aromatic rings. The highest BCUT2D eigenvalue weighted by atomic mass is 16.5. The molecule has 0 amide bonds. The Bertz CT molecular complexity index is 994. The van der Waals surface area contributed by atoms with Crippen LogP contribution in [0, 0.1) is 39.9 Å². The third kappa shape index (κ3) is 4.40. The van der Waals surface area contributed by atoms with Crippen LogP contribution in [0.2, 0.25) is 0 Å². The average Bonchev–Trinajstić information content (AvgIpc) is 3.05. The number of esters is 1. The van der Waals surface area contributed by atoms with Crippen molar-refractivity contribution >= 4 is 11.9 Å². The summed E-state index contributed by atoms with van der Waals surface area (Å²) < 4.78 is 5.87. The molecular formula is C31H48O6. The molecule has 10 atom stereocenters. The summed E-state index contributed by atoms with van der Waals surface area (Å²) in [5.41, 5.74) is 1.57. The Balaban J connectivity index is 1.82. The van der Waals surface area contributed by atoms with Gasteiger partial charge in [0.1, 0.15) is 6.10 Å². The minimum Gasteiger partial charge on any atom is -0.478 e. The second-order valence-electron chi connectivity index (χ2n) is 13.6. The molecule has 4 saturated carbocycles. The zero-order valence-electron chi connectivity index (χ0n) is 23.8. The van der Waals surface area contributed by atoms with E-state index in [2.05, 4.69) is 27.7 Å². The molecule has 1 unspecified atom stereocenters. The zero-order valence-corrected chi connectivity index (χ0v) is 23.8. The highest BCUT2D eigenvalue weighted by Gasteiger charge is 2.70. The van der Waals surface area contributed by atoms with Crippen LogP contribution in [-0.2, 0) is 14.3 Å². The molecule has 4 rings (SSSR count). The summed E-state index contributed by atoms with van der Waals surface area (Å²) in [7, 11) is 0. The summed E-state index contributed by atoms with van der Waals surface area (Å²) in [5.74, 6) is -0.909. The number of allylic oxidation sites excluding steroid dienone is 2. The summed E-state index contributed by atoms with van der Waals surface area (Å²) in [4.78, 5) is 24.8. The Kier molecular flexibility index (Phi) is 7.53. The topological polar surface area (TPSA) is 104 Å². The summed E-state index contributed by atoms with van der Waals surface area (Å²) in [5, 5.41) is 32.9. The van der Waals surface area contributed by atoms with Crippen LogP contribution in [0.25, 0.3) is 0 Å². The molecule has 0 aromatic heterocycles. The van der Waals surface area contributed by atoms with E-state index in [-0.39, 0.29) is 40.1 Å². The fourth-order valence-electron chi connectivity index (χ4n) is 9.79. The first kappa shape index (κ1) is 28.4. The van der Waals surface area contributed by atoms with E-state index in [1.54, 1.807) is 0 Å². The van der Waals surface area contributed by atoms with Crippen molar-refractivity contribution in [3.05, 3.63) is 22.8 Å². The fraction of sp³-hybridized carbons (Fsp3) is 0.806. The van der Waals surface area contributed by atoms with E-state index < -0.39 is 24.1 Å². The largest absolute Gasteiger partial charge is 0.478 e. The van der Waals surface area contributed by atoms with Gasteiger partial charge in [0, 0.05) is 12.5 Å². The van der Waals surface area contributed by atoms with Crippen molar-refractivity contribution in [1.29, 1.82) is 0 Å². The van der Waals surface area contributed by atoms with Gasteiger partial charge < -0.3 is 20.1 Å². The third-order valence-corrected chi connectivity index (χ3v) is 11.6. The number of aliphatic hydroxyl groups is 2. The molecule has 0 heterocycles. The van der Waals surface area contributed by atoms with Gasteiger partial charge in [-0.25, -0.2) is 4.79 Å². The molecule has 6 heteroatoms. The predicted molar refractivity (Wildman–Crippen MR) is 143 cm³/mol. The first-order valence-corrected chi connectivity index (χ1v) is 14.3. The second-order valence-corrected chi connectivity index (χ2v) is 13.6. The number of hydrogen-bond acceptors (Lipinski definition) is 5. The van der Waals surface area contributed by atoms with Crippen molar-refractivity contribution in [2.45, 2.75) is 118 Å². The highest BCUT2D eigenvalue weighted by molar-refractivity contribution is 5.88. The number of carbonyl (C=O) groups is 2. The monoisotopic (exact) mass is 516 g/mol. The van der Waals surface area contributed by atoms with Gasteiger partial charge in [0.25, 0.3) is 0 Å². The molecular weight excluding hydrogens is 468 g/mol.